The van der Waals surface area contributed by atoms with E-state index >= 15 is 0 Å². The number of benzene rings is 2. The van der Waals surface area contributed by atoms with E-state index in [1.54, 1.807) is 18.2 Å². The lowest BCUT2D eigenvalue weighted by Gasteiger charge is -2.14. The van der Waals surface area contributed by atoms with Gasteiger partial charge in [-0.1, -0.05) is 11.6 Å². The summed E-state index contributed by atoms with van der Waals surface area (Å²) in [6.45, 7) is 3.37. The highest BCUT2D eigenvalue weighted by Gasteiger charge is 2.19. The molecule has 2 aromatic rings. The zero-order valence-corrected chi connectivity index (χ0v) is 17.9. The standard InChI is InChI=1S/C23H29NO5/c1-16-7-11-20(29-14-13-24(2)3)17(15-16)8-10-19(25)18-9-12-21(26-4)23(28-6)22(18)27-5/h7-12,15H,13-14H2,1-6H3. The maximum absolute atomic E-state index is 12.9. The van der Waals surface area contributed by atoms with Gasteiger partial charge in [0.15, 0.2) is 17.3 Å². The zero-order chi connectivity index (χ0) is 21.4. The quantitative estimate of drug-likeness (QED) is 0.447. The van der Waals surface area contributed by atoms with Crippen molar-refractivity contribution in [1.82, 2.24) is 4.90 Å². The minimum atomic E-state index is -0.205. The van der Waals surface area contributed by atoms with Gasteiger partial charge in [0.25, 0.3) is 0 Å². The van der Waals surface area contributed by atoms with Crippen LogP contribution in [0.5, 0.6) is 23.0 Å². The van der Waals surface area contributed by atoms with Crippen LogP contribution >= 0.6 is 0 Å². The second-order valence-corrected chi connectivity index (χ2v) is 6.77. The van der Waals surface area contributed by atoms with Crippen LogP contribution in [0, 0.1) is 6.92 Å². The number of nitrogens with zero attached hydrogens (tertiary/aromatic N) is 1. The van der Waals surface area contributed by atoms with Crippen molar-refractivity contribution in [2.24, 2.45) is 0 Å². The van der Waals surface area contributed by atoms with E-state index in [1.165, 1.54) is 27.4 Å². The number of hydrogen-bond donors (Lipinski definition) is 0. The molecule has 0 N–H and O–H groups in total. The molecule has 0 saturated heterocycles. The summed E-state index contributed by atoms with van der Waals surface area (Å²) in [6.07, 6.45) is 3.27. The molecule has 0 heterocycles. The Balaban J connectivity index is 2.30. The van der Waals surface area contributed by atoms with Gasteiger partial charge in [0.1, 0.15) is 12.4 Å². The van der Waals surface area contributed by atoms with Gasteiger partial charge in [-0.05, 0) is 57.4 Å². The molecule has 0 aromatic heterocycles. The van der Waals surface area contributed by atoms with Crippen LogP contribution in [0.1, 0.15) is 21.5 Å². The number of methoxy groups -OCH3 is 3. The number of hydrogen-bond acceptors (Lipinski definition) is 6. The maximum Gasteiger partial charge on any atom is 0.204 e. The van der Waals surface area contributed by atoms with Crippen molar-refractivity contribution in [2.45, 2.75) is 6.92 Å². The summed E-state index contributed by atoms with van der Waals surface area (Å²) in [6, 6.07) is 9.25. The molecule has 0 unspecified atom stereocenters. The number of rotatable bonds is 10. The summed E-state index contributed by atoms with van der Waals surface area (Å²) in [5.41, 5.74) is 2.32. The number of carbonyl (C=O) groups excluding carboxylic acids is 1. The van der Waals surface area contributed by atoms with E-state index in [0.717, 1.165) is 23.4 Å². The third kappa shape index (κ3) is 5.74. The molecule has 0 bridgehead atoms. The summed E-state index contributed by atoms with van der Waals surface area (Å²) < 4.78 is 21.9. The van der Waals surface area contributed by atoms with Crippen molar-refractivity contribution in [3.63, 3.8) is 0 Å². The molecule has 0 aliphatic rings. The Labute approximate surface area is 172 Å². The van der Waals surface area contributed by atoms with E-state index in [0.29, 0.717) is 29.4 Å². The molecule has 0 aliphatic heterocycles. The number of allylic oxidation sites excluding steroid dienone is 1. The van der Waals surface area contributed by atoms with E-state index in [4.69, 9.17) is 18.9 Å². The minimum absolute atomic E-state index is 0.205. The third-order valence-electron chi connectivity index (χ3n) is 4.35. The topological polar surface area (TPSA) is 57.2 Å². The second-order valence-electron chi connectivity index (χ2n) is 6.77. The van der Waals surface area contributed by atoms with Crippen molar-refractivity contribution in [2.75, 3.05) is 48.6 Å². The summed E-state index contributed by atoms with van der Waals surface area (Å²) in [5, 5.41) is 0. The van der Waals surface area contributed by atoms with Gasteiger partial charge in [-0.25, -0.2) is 0 Å². The van der Waals surface area contributed by atoms with Crippen LogP contribution < -0.4 is 18.9 Å². The average Bonchev–Trinajstić information content (AvgIpc) is 2.71. The van der Waals surface area contributed by atoms with Crippen LogP contribution in [0.25, 0.3) is 6.08 Å². The SMILES string of the molecule is COc1ccc(C(=O)C=Cc2cc(C)ccc2OCCN(C)C)c(OC)c1OC. The number of carbonyl (C=O) groups is 1. The predicted molar refractivity (Wildman–Crippen MR) is 115 cm³/mol. The number of ketones is 1. The minimum Gasteiger partial charge on any atom is -0.493 e. The molecule has 6 nitrogen and oxygen atoms in total. The van der Waals surface area contributed by atoms with Gasteiger partial charge in [-0.3, -0.25) is 4.79 Å². The molecular formula is C23H29NO5. The normalized spacial score (nSPS) is 11.0. The molecule has 29 heavy (non-hydrogen) atoms. The first-order chi connectivity index (χ1) is 13.9. The lowest BCUT2D eigenvalue weighted by Crippen LogP contribution is -2.19. The fourth-order valence-electron chi connectivity index (χ4n) is 2.82. The molecule has 0 spiro atoms. The molecule has 2 rings (SSSR count). The third-order valence-corrected chi connectivity index (χ3v) is 4.35. The molecule has 0 radical (unpaired) electrons. The Morgan fingerprint density at radius 1 is 0.966 bits per heavy atom. The van der Waals surface area contributed by atoms with Crippen LogP contribution in [0.15, 0.2) is 36.4 Å². The van der Waals surface area contributed by atoms with Crippen LogP contribution in [0.4, 0.5) is 0 Å². The smallest absolute Gasteiger partial charge is 0.204 e. The van der Waals surface area contributed by atoms with E-state index in [1.807, 2.05) is 39.2 Å². The first-order valence-corrected chi connectivity index (χ1v) is 9.30. The number of aryl methyl sites for hydroxylation is 1. The van der Waals surface area contributed by atoms with E-state index in [-0.39, 0.29) is 5.78 Å². The van der Waals surface area contributed by atoms with Gasteiger partial charge in [0.2, 0.25) is 5.75 Å². The summed E-state index contributed by atoms with van der Waals surface area (Å²) in [4.78, 5) is 14.9. The highest BCUT2D eigenvalue weighted by atomic mass is 16.5. The predicted octanol–water partition coefficient (Wildman–Crippen LogP) is 3.86. The fraction of sp³-hybridized carbons (Fsp3) is 0.348. The molecule has 0 amide bonds. The van der Waals surface area contributed by atoms with Crippen molar-refractivity contribution in [3.05, 3.63) is 53.1 Å². The number of likely N-dealkylation sites (N-methyl/N-ethyl adjacent to an activating group) is 1. The first-order valence-electron chi connectivity index (χ1n) is 9.30. The van der Waals surface area contributed by atoms with Crippen LogP contribution in [0.2, 0.25) is 0 Å². The highest BCUT2D eigenvalue weighted by Crippen LogP contribution is 2.40. The molecule has 6 heteroatoms. The number of ether oxygens (including phenoxy) is 4. The van der Waals surface area contributed by atoms with Gasteiger partial charge in [-0.2, -0.15) is 0 Å². The fourth-order valence-corrected chi connectivity index (χ4v) is 2.82. The van der Waals surface area contributed by atoms with Crippen molar-refractivity contribution >= 4 is 11.9 Å². The van der Waals surface area contributed by atoms with Gasteiger partial charge >= 0.3 is 0 Å². The first kappa shape index (κ1) is 22.3. The molecule has 0 atom stereocenters. The van der Waals surface area contributed by atoms with E-state index in [2.05, 4.69) is 4.90 Å². The summed E-state index contributed by atoms with van der Waals surface area (Å²) in [7, 11) is 8.53. The van der Waals surface area contributed by atoms with Crippen LogP contribution in [-0.2, 0) is 0 Å². The second kappa shape index (κ2) is 10.5. The van der Waals surface area contributed by atoms with E-state index in [9.17, 15) is 4.79 Å². The van der Waals surface area contributed by atoms with E-state index < -0.39 is 0 Å². The average molecular weight is 399 g/mol. The van der Waals surface area contributed by atoms with Gasteiger partial charge in [-0.15, -0.1) is 0 Å². The summed E-state index contributed by atoms with van der Waals surface area (Å²) in [5.74, 6) is 1.76. The van der Waals surface area contributed by atoms with Gasteiger partial charge < -0.3 is 23.8 Å². The molecule has 0 aliphatic carbocycles. The summed E-state index contributed by atoms with van der Waals surface area (Å²) >= 11 is 0. The Morgan fingerprint density at radius 2 is 1.66 bits per heavy atom. The Hall–Kier alpha value is -2.99. The van der Waals surface area contributed by atoms with Gasteiger partial charge in [0, 0.05) is 12.1 Å². The van der Waals surface area contributed by atoms with Crippen molar-refractivity contribution in [1.29, 1.82) is 0 Å². The van der Waals surface area contributed by atoms with Crippen LogP contribution in [-0.4, -0.2) is 59.3 Å². The lowest BCUT2D eigenvalue weighted by molar-refractivity contribution is 0.104. The monoisotopic (exact) mass is 399 g/mol. The van der Waals surface area contributed by atoms with Crippen LogP contribution in [0.3, 0.4) is 0 Å². The highest BCUT2D eigenvalue weighted by molar-refractivity contribution is 6.09. The Morgan fingerprint density at radius 3 is 2.28 bits per heavy atom. The molecule has 0 saturated carbocycles. The molecule has 156 valence electrons. The molecular weight excluding hydrogens is 370 g/mol. The van der Waals surface area contributed by atoms with Crippen molar-refractivity contribution < 1.29 is 23.7 Å². The van der Waals surface area contributed by atoms with Crippen molar-refractivity contribution in [3.8, 4) is 23.0 Å². The Bertz CT molecular complexity index is 874. The molecule has 2 aromatic carbocycles. The zero-order valence-electron chi connectivity index (χ0n) is 17.9. The largest absolute Gasteiger partial charge is 0.493 e. The maximum atomic E-state index is 12.9. The Kier molecular flexibility index (Phi) is 8.09. The van der Waals surface area contributed by atoms with Gasteiger partial charge in [0.05, 0.1) is 26.9 Å². The molecule has 0 fully saturated rings. The lowest BCUT2D eigenvalue weighted by atomic mass is 10.1.